The second kappa shape index (κ2) is 5.10. The van der Waals surface area contributed by atoms with Gasteiger partial charge in [0.05, 0.1) is 0 Å². The number of carbonyl (C=O) groups is 1. The lowest BCUT2D eigenvalue weighted by Gasteiger charge is -2.30. The van der Waals surface area contributed by atoms with E-state index in [1.807, 2.05) is 4.90 Å². The average molecular weight is 248 g/mol. The van der Waals surface area contributed by atoms with Gasteiger partial charge < -0.3 is 10.2 Å². The van der Waals surface area contributed by atoms with Crippen LogP contribution in [-0.4, -0.2) is 46.2 Å². The Morgan fingerprint density at radius 2 is 2.28 bits per heavy atom. The highest BCUT2D eigenvalue weighted by molar-refractivity contribution is 5.92. The molecule has 0 spiro atoms. The third-order valence-electron chi connectivity index (χ3n) is 3.81. The zero-order valence-electron chi connectivity index (χ0n) is 10.6. The van der Waals surface area contributed by atoms with Crippen LogP contribution in [0.15, 0.2) is 12.3 Å². The first-order valence-electron chi connectivity index (χ1n) is 6.88. The van der Waals surface area contributed by atoms with Gasteiger partial charge >= 0.3 is 0 Å². The average Bonchev–Trinajstić information content (AvgIpc) is 3.10. The molecule has 1 saturated heterocycles. The fourth-order valence-corrected chi connectivity index (χ4v) is 2.63. The Labute approximate surface area is 107 Å². The number of amides is 1. The van der Waals surface area contributed by atoms with E-state index >= 15 is 0 Å². The van der Waals surface area contributed by atoms with Crippen LogP contribution in [0.4, 0.5) is 0 Å². The maximum Gasteiger partial charge on any atom is 0.272 e. The molecule has 1 atom stereocenters. The largest absolute Gasteiger partial charge is 0.333 e. The minimum atomic E-state index is 0.0994. The Balaban J connectivity index is 1.66. The third kappa shape index (κ3) is 2.56. The van der Waals surface area contributed by atoms with Crippen LogP contribution in [0, 0.1) is 0 Å². The van der Waals surface area contributed by atoms with Crippen LogP contribution >= 0.6 is 0 Å². The normalized spacial score (nSPS) is 23.9. The van der Waals surface area contributed by atoms with Gasteiger partial charge in [-0.25, -0.2) is 0 Å². The molecule has 2 N–H and O–H groups in total. The van der Waals surface area contributed by atoms with Gasteiger partial charge in [0.1, 0.15) is 5.69 Å². The Morgan fingerprint density at radius 1 is 1.39 bits per heavy atom. The van der Waals surface area contributed by atoms with Gasteiger partial charge in [-0.1, -0.05) is 6.42 Å². The maximum atomic E-state index is 12.4. The molecule has 3 rings (SSSR count). The summed E-state index contributed by atoms with van der Waals surface area (Å²) >= 11 is 0. The molecule has 2 aliphatic rings. The van der Waals surface area contributed by atoms with E-state index in [0.717, 1.165) is 25.9 Å². The third-order valence-corrected chi connectivity index (χ3v) is 3.81. The van der Waals surface area contributed by atoms with E-state index in [1.165, 1.54) is 19.3 Å². The Bertz CT molecular complexity index is 393. The number of H-pyrrole nitrogens is 1. The van der Waals surface area contributed by atoms with Crippen LogP contribution in [0.2, 0.25) is 0 Å². The molecule has 98 valence electrons. The lowest BCUT2D eigenvalue weighted by Crippen LogP contribution is -2.46. The van der Waals surface area contributed by atoms with E-state index in [9.17, 15) is 4.79 Å². The highest BCUT2D eigenvalue weighted by atomic mass is 16.2. The van der Waals surface area contributed by atoms with E-state index in [0.29, 0.717) is 17.8 Å². The lowest BCUT2D eigenvalue weighted by atomic mass is 10.0. The van der Waals surface area contributed by atoms with Crippen LogP contribution < -0.4 is 5.32 Å². The summed E-state index contributed by atoms with van der Waals surface area (Å²) in [4.78, 5) is 14.4. The number of aromatic nitrogens is 2. The minimum Gasteiger partial charge on any atom is -0.333 e. The fraction of sp³-hybridized carbons (Fsp3) is 0.692. The molecule has 1 amide bonds. The molecule has 0 bridgehead atoms. The van der Waals surface area contributed by atoms with Gasteiger partial charge in [0.15, 0.2) is 0 Å². The van der Waals surface area contributed by atoms with Gasteiger partial charge in [-0.05, 0) is 38.3 Å². The van der Waals surface area contributed by atoms with E-state index in [1.54, 1.807) is 12.3 Å². The smallest absolute Gasteiger partial charge is 0.272 e. The van der Waals surface area contributed by atoms with Gasteiger partial charge in [0, 0.05) is 24.8 Å². The number of piperidine rings is 1. The predicted octanol–water partition coefficient (Wildman–Crippen LogP) is 1.16. The van der Waals surface area contributed by atoms with E-state index in [-0.39, 0.29) is 5.91 Å². The molecule has 18 heavy (non-hydrogen) atoms. The zero-order valence-corrected chi connectivity index (χ0v) is 10.6. The minimum absolute atomic E-state index is 0.0994. The molecule has 0 aromatic carbocycles. The van der Waals surface area contributed by atoms with Crippen LogP contribution in [0.3, 0.4) is 0 Å². The number of hydrogen-bond donors (Lipinski definition) is 2. The number of rotatable bonds is 4. The second-order valence-electron chi connectivity index (χ2n) is 5.31. The van der Waals surface area contributed by atoms with Crippen molar-refractivity contribution >= 4 is 5.91 Å². The second-order valence-corrected chi connectivity index (χ2v) is 5.31. The van der Waals surface area contributed by atoms with Crippen LogP contribution in [0.1, 0.15) is 42.6 Å². The van der Waals surface area contributed by atoms with Gasteiger partial charge in [-0.3, -0.25) is 9.89 Å². The van der Waals surface area contributed by atoms with Crippen molar-refractivity contribution in [3.05, 3.63) is 18.0 Å². The molecular weight excluding hydrogens is 228 g/mol. The predicted molar refractivity (Wildman–Crippen MR) is 68.3 cm³/mol. The van der Waals surface area contributed by atoms with Crippen molar-refractivity contribution in [3.63, 3.8) is 0 Å². The van der Waals surface area contributed by atoms with Crippen molar-refractivity contribution in [2.45, 2.75) is 44.2 Å². The molecule has 2 heterocycles. The number of hydrogen-bond acceptors (Lipinski definition) is 3. The quantitative estimate of drug-likeness (QED) is 0.840. The summed E-state index contributed by atoms with van der Waals surface area (Å²) in [5, 5.41) is 10.2. The monoisotopic (exact) mass is 248 g/mol. The van der Waals surface area contributed by atoms with Crippen molar-refractivity contribution in [1.82, 2.24) is 20.4 Å². The SMILES string of the molecule is O=C(c1ccn[nH]1)N(CC1CCCCN1)C1CC1. The number of aromatic amines is 1. The molecule has 5 nitrogen and oxygen atoms in total. The summed E-state index contributed by atoms with van der Waals surface area (Å²) in [5.74, 6) is 0.0994. The molecule has 1 aromatic rings. The van der Waals surface area contributed by atoms with Crippen LogP contribution in [-0.2, 0) is 0 Å². The first kappa shape index (κ1) is 11.7. The number of nitrogens with one attached hydrogen (secondary N) is 2. The topological polar surface area (TPSA) is 61.0 Å². The first-order chi connectivity index (χ1) is 8.84. The summed E-state index contributed by atoms with van der Waals surface area (Å²) in [6.07, 6.45) is 7.64. The molecule has 5 heteroatoms. The molecule has 1 aliphatic heterocycles. The lowest BCUT2D eigenvalue weighted by molar-refractivity contribution is 0.0712. The summed E-state index contributed by atoms with van der Waals surface area (Å²) in [5.41, 5.74) is 0.609. The Kier molecular flexibility index (Phi) is 3.32. The van der Waals surface area contributed by atoms with Crippen molar-refractivity contribution in [3.8, 4) is 0 Å². The van der Waals surface area contributed by atoms with E-state index < -0.39 is 0 Å². The molecule has 1 aromatic heterocycles. The van der Waals surface area contributed by atoms with Crippen LogP contribution in [0.5, 0.6) is 0 Å². The highest BCUT2D eigenvalue weighted by Gasteiger charge is 2.35. The number of carbonyl (C=O) groups excluding carboxylic acids is 1. The zero-order chi connectivity index (χ0) is 12.4. The Hall–Kier alpha value is -1.36. The molecule has 1 aliphatic carbocycles. The highest BCUT2D eigenvalue weighted by Crippen LogP contribution is 2.28. The molecule has 1 saturated carbocycles. The van der Waals surface area contributed by atoms with Crippen molar-refractivity contribution in [1.29, 1.82) is 0 Å². The van der Waals surface area contributed by atoms with Crippen molar-refractivity contribution in [2.24, 2.45) is 0 Å². The fourth-order valence-electron chi connectivity index (χ4n) is 2.63. The van der Waals surface area contributed by atoms with E-state index in [2.05, 4.69) is 15.5 Å². The first-order valence-corrected chi connectivity index (χ1v) is 6.88. The number of nitrogens with zero attached hydrogens (tertiary/aromatic N) is 2. The van der Waals surface area contributed by atoms with Crippen molar-refractivity contribution < 1.29 is 4.79 Å². The van der Waals surface area contributed by atoms with Gasteiger partial charge in [-0.2, -0.15) is 5.10 Å². The molecular formula is C13H20N4O. The Morgan fingerprint density at radius 3 is 2.89 bits per heavy atom. The summed E-state index contributed by atoms with van der Waals surface area (Å²) < 4.78 is 0. The van der Waals surface area contributed by atoms with Gasteiger partial charge in [0.25, 0.3) is 5.91 Å². The molecule has 0 radical (unpaired) electrons. The summed E-state index contributed by atoms with van der Waals surface area (Å²) in [7, 11) is 0. The van der Waals surface area contributed by atoms with Crippen molar-refractivity contribution in [2.75, 3.05) is 13.1 Å². The standard InChI is InChI=1S/C13H20N4O/c18-13(12-6-8-15-16-12)17(11-4-5-11)9-10-3-1-2-7-14-10/h6,8,10-11,14H,1-5,7,9H2,(H,15,16). The summed E-state index contributed by atoms with van der Waals surface area (Å²) in [6, 6.07) is 2.67. The summed E-state index contributed by atoms with van der Waals surface area (Å²) in [6.45, 7) is 1.92. The molecule has 2 fully saturated rings. The maximum absolute atomic E-state index is 12.4. The molecule has 1 unspecified atom stereocenters. The van der Waals surface area contributed by atoms with Crippen LogP contribution in [0.25, 0.3) is 0 Å². The van der Waals surface area contributed by atoms with Gasteiger partial charge in [-0.15, -0.1) is 0 Å². The van der Waals surface area contributed by atoms with Gasteiger partial charge in [0.2, 0.25) is 0 Å². The van der Waals surface area contributed by atoms with E-state index in [4.69, 9.17) is 0 Å².